The Kier molecular flexibility index (Phi) is 3.93. The van der Waals surface area contributed by atoms with Gasteiger partial charge in [0, 0.05) is 16.7 Å². The van der Waals surface area contributed by atoms with E-state index in [-0.39, 0.29) is 5.56 Å². The first-order valence-corrected chi connectivity index (χ1v) is 10.1. The normalized spacial score (nSPS) is 12.3. The van der Waals surface area contributed by atoms with Crippen molar-refractivity contribution >= 4 is 45.3 Å². The molecule has 0 N–H and O–H groups in total. The molecule has 1 aromatic carbocycles. The molecule has 0 bridgehead atoms. The van der Waals surface area contributed by atoms with E-state index in [1.54, 1.807) is 17.4 Å². The van der Waals surface area contributed by atoms with Gasteiger partial charge in [-0.2, -0.15) is 9.50 Å². The summed E-state index contributed by atoms with van der Waals surface area (Å²) in [5.74, 6) is 1.85. The van der Waals surface area contributed by atoms with Crippen molar-refractivity contribution in [3.8, 4) is 22.0 Å². The summed E-state index contributed by atoms with van der Waals surface area (Å²) in [5, 5.41) is 6.92. The summed E-state index contributed by atoms with van der Waals surface area (Å²) in [5.41, 5.74) is 0.679. The van der Waals surface area contributed by atoms with E-state index in [1.807, 2.05) is 53.9 Å². The van der Waals surface area contributed by atoms with Gasteiger partial charge < -0.3 is 4.42 Å². The van der Waals surface area contributed by atoms with E-state index in [9.17, 15) is 4.79 Å². The third-order valence-corrected chi connectivity index (χ3v) is 5.99. The molecular weight excluding hydrogens is 402 g/mol. The van der Waals surface area contributed by atoms with Gasteiger partial charge in [0.15, 0.2) is 5.82 Å². The van der Waals surface area contributed by atoms with Gasteiger partial charge in [0.1, 0.15) is 16.1 Å². The van der Waals surface area contributed by atoms with Crippen LogP contribution in [0.25, 0.3) is 33.1 Å². The molecule has 0 aliphatic carbocycles. The van der Waals surface area contributed by atoms with Crippen molar-refractivity contribution in [1.82, 2.24) is 14.6 Å². The molecule has 5 rings (SSSR count). The number of rotatable bonds is 3. The molecule has 27 heavy (non-hydrogen) atoms. The first kappa shape index (κ1) is 16.4. The molecule has 0 saturated carbocycles. The van der Waals surface area contributed by atoms with E-state index in [4.69, 9.17) is 16.0 Å². The minimum Gasteiger partial charge on any atom is -0.457 e. The Morgan fingerprint density at radius 3 is 2.85 bits per heavy atom. The number of halogens is 1. The quantitative estimate of drug-likeness (QED) is 0.443. The van der Waals surface area contributed by atoms with Gasteiger partial charge in [-0.05, 0) is 35.7 Å². The van der Waals surface area contributed by atoms with Gasteiger partial charge >= 0.3 is 0 Å². The van der Waals surface area contributed by atoms with Gasteiger partial charge in [0.25, 0.3) is 5.56 Å². The van der Waals surface area contributed by atoms with Gasteiger partial charge in [-0.3, -0.25) is 4.79 Å². The Balaban J connectivity index is 1.54. The van der Waals surface area contributed by atoms with Crippen LogP contribution in [0.3, 0.4) is 0 Å². The van der Waals surface area contributed by atoms with E-state index in [0.29, 0.717) is 31.9 Å². The monoisotopic (exact) mass is 411 g/mol. The number of fused-ring (bicyclic) bond motifs is 1. The van der Waals surface area contributed by atoms with Crippen molar-refractivity contribution in [3.63, 3.8) is 0 Å². The van der Waals surface area contributed by atoms with E-state index in [0.717, 1.165) is 10.4 Å². The number of aromatic nitrogens is 3. The zero-order valence-electron chi connectivity index (χ0n) is 13.6. The molecule has 0 aliphatic heterocycles. The second-order valence-electron chi connectivity index (χ2n) is 5.74. The lowest BCUT2D eigenvalue weighted by molar-refractivity contribution is 0.571. The van der Waals surface area contributed by atoms with E-state index < -0.39 is 0 Å². The molecule has 4 heterocycles. The zero-order chi connectivity index (χ0) is 18.4. The van der Waals surface area contributed by atoms with Crippen molar-refractivity contribution in [3.05, 3.63) is 79.6 Å². The molecule has 4 aromatic heterocycles. The molecule has 0 unspecified atom stereocenters. The smallest absolute Gasteiger partial charge is 0.291 e. The van der Waals surface area contributed by atoms with E-state index in [2.05, 4.69) is 10.1 Å². The third kappa shape index (κ3) is 2.99. The van der Waals surface area contributed by atoms with Crippen LogP contribution >= 0.6 is 34.3 Å². The predicted octanol–water partition coefficient (Wildman–Crippen LogP) is 4.34. The standard InChI is InChI=1S/C19H10ClN3O2S2/c20-12-4-1-3-11(9-12)14-7-6-13(25-14)10-16-18(24)23-19(27-16)21-17(22-23)15-5-2-8-26-15/h1-10H. The fourth-order valence-electron chi connectivity index (χ4n) is 2.70. The van der Waals surface area contributed by atoms with Gasteiger partial charge in [-0.15, -0.1) is 16.4 Å². The summed E-state index contributed by atoms with van der Waals surface area (Å²) in [6.07, 6.45) is 1.71. The largest absolute Gasteiger partial charge is 0.457 e. The molecule has 8 heteroatoms. The molecule has 5 aromatic rings. The molecule has 132 valence electrons. The molecule has 0 saturated heterocycles. The molecule has 0 radical (unpaired) electrons. The van der Waals surface area contributed by atoms with Crippen LogP contribution in [0.15, 0.2) is 63.1 Å². The number of furan rings is 1. The minimum absolute atomic E-state index is 0.203. The summed E-state index contributed by atoms with van der Waals surface area (Å²) in [6.45, 7) is 0. The summed E-state index contributed by atoms with van der Waals surface area (Å²) < 4.78 is 7.71. The number of benzene rings is 1. The number of thiazole rings is 1. The first-order chi connectivity index (χ1) is 13.2. The molecule has 0 spiro atoms. The predicted molar refractivity (Wildman–Crippen MR) is 108 cm³/mol. The second kappa shape index (κ2) is 6.45. The van der Waals surface area contributed by atoms with Crippen LogP contribution in [-0.2, 0) is 0 Å². The van der Waals surface area contributed by atoms with Crippen LogP contribution in [0.2, 0.25) is 5.02 Å². The van der Waals surface area contributed by atoms with Crippen LogP contribution in [-0.4, -0.2) is 14.6 Å². The van der Waals surface area contributed by atoms with Crippen molar-refractivity contribution in [2.75, 3.05) is 0 Å². The third-order valence-electron chi connectivity index (χ3n) is 3.93. The maximum absolute atomic E-state index is 12.6. The Morgan fingerprint density at radius 2 is 2.07 bits per heavy atom. The van der Waals surface area contributed by atoms with Crippen LogP contribution in [0.4, 0.5) is 0 Å². The lowest BCUT2D eigenvalue weighted by atomic mass is 10.2. The Bertz CT molecular complexity index is 1370. The molecular formula is C19H10ClN3O2S2. The maximum atomic E-state index is 12.6. The average molecular weight is 412 g/mol. The maximum Gasteiger partial charge on any atom is 0.291 e. The van der Waals surface area contributed by atoms with Gasteiger partial charge in [-0.1, -0.05) is 41.1 Å². The van der Waals surface area contributed by atoms with Crippen molar-refractivity contribution < 1.29 is 4.42 Å². The van der Waals surface area contributed by atoms with E-state index in [1.165, 1.54) is 15.9 Å². The fourth-order valence-corrected chi connectivity index (χ4v) is 4.43. The summed E-state index contributed by atoms with van der Waals surface area (Å²) in [4.78, 5) is 18.6. The average Bonchev–Trinajstić information content (AvgIpc) is 3.42. The van der Waals surface area contributed by atoms with E-state index >= 15 is 0 Å². The van der Waals surface area contributed by atoms with Crippen molar-refractivity contribution in [2.45, 2.75) is 0 Å². The lowest BCUT2D eigenvalue weighted by Crippen LogP contribution is -2.23. The highest BCUT2D eigenvalue weighted by atomic mass is 35.5. The zero-order valence-corrected chi connectivity index (χ0v) is 16.0. The molecule has 0 atom stereocenters. The van der Waals surface area contributed by atoms with Crippen LogP contribution in [0.1, 0.15) is 5.76 Å². The summed E-state index contributed by atoms with van der Waals surface area (Å²) in [6, 6.07) is 15.0. The summed E-state index contributed by atoms with van der Waals surface area (Å²) >= 11 is 8.86. The molecule has 0 aliphatic rings. The molecule has 0 amide bonds. The fraction of sp³-hybridized carbons (Fsp3) is 0. The molecule has 5 nitrogen and oxygen atoms in total. The number of hydrogen-bond donors (Lipinski definition) is 0. The highest BCUT2D eigenvalue weighted by molar-refractivity contribution is 7.15. The van der Waals surface area contributed by atoms with Crippen LogP contribution < -0.4 is 10.1 Å². The van der Waals surface area contributed by atoms with Gasteiger partial charge in [-0.25, -0.2) is 0 Å². The Labute approximate surface area is 165 Å². The van der Waals surface area contributed by atoms with Crippen molar-refractivity contribution in [1.29, 1.82) is 0 Å². The highest BCUT2D eigenvalue weighted by Gasteiger charge is 2.13. The molecule has 0 fully saturated rings. The van der Waals surface area contributed by atoms with Crippen molar-refractivity contribution in [2.24, 2.45) is 0 Å². The summed E-state index contributed by atoms with van der Waals surface area (Å²) in [7, 11) is 0. The Hall–Kier alpha value is -2.74. The number of nitrogens with zero attached hydrogens (tertiary/aromatic N) is 3. The Morgan fingerprint density at radius 1 is 1.15 bits per heavy atom. The topological polar surface area (TPSA) is 60.4 Å². The minimum atomic E-state index is -0.203. The van der Waals surface area contributed by atoms with Crippen LogP contribution in [0, 0.1) is 0 Å². The number of hydrogen-bond acceptors (Lipinski definition) is 6. The SMILES string of the molecule is O=c1c(=Cc2ccc(-c3cccc(Cl)c3)o2)sc2nc(-c3cccs3)nn12. The van der Waals surface area contributed by atoms with Crippen LogP contribution in [0.5, 0.6) is 0 Å². The number of thiophene rings is 1. The lowest BCUT2D eigenvalue weighted by Gasteiger charge is -1.96. The highest BCUT2D eigenvalue weighted by Crippen LogP contribution is 2.25. The second-order valence-corrected chi connectivity index (χ2v) is 8.13. The van der Waals surface area contributed by atoms with Gasteiger partial charge in [0.2, 0.25) is 4.96 Å². The first-order valence-electron chi connectivity index (χ1n) is 7.98. The van der Waals surface area contributed by atoms with Gasteiger partial charge in [0.05, 0.1) is 4.88 Å².